The van der Waals surface area contributed by atoms with Crippen molar-refractivity contribution in [3.8, 4) is 17.2 Å². The molecule has 0 bridgehead atoms. The number of ether oxygens (including phenoxy) is 5. The van der Waals surface area contributed by atoms with Crippen LogP contribution >= 0.6 is 0 Å². The van der Waals surface area contributed by atoms with Crippen LogP contribution in [0.1, 0.15) is 118 Å². The second-order valence-electron chi connectivity index (χ2n) is 18.0. The molecule has 3 aliphatic rings. The molecule has 2 heterocycles. The van der Waals surface area contributed by atoms with E-state index in [2.05, 4.69) is 48.7 Å². The van der Waals surface area contributed by atoms with Crippen LogP contribution in [0.2, 0.25) is 0 Å². The maximum absolute atomic E-state index is 14.0. The van der Waals surface area contributed by atoms with Crippen molar-refractivity contribution < 1.29 is 33.3 Å². The Morgan fingerprint density at radius 3 is 1.75 bits per heavy atom. The Kier molecular flexibility index (Phi) is 14.5. The summed E-state index contributed by atoms with van der Waals surface area (Å²) in [5.41, 5.74) is 3.21. The maximum atomic E-state index is 14.0. The third-order valence-electron chi connectivity index (χ3n) is 12.9. The standard InChI is InChI=1S/C51H64N2O7/c1-50(2,42-24-27-52-28-25-42)59-49(55)41-30-45(56-33-36-14-8-5-9-15-36)47(58-35-37-16-10-6-11-17-37)46(31-41)57-34-38-20-22-39(23-21-38)43-32-53-29-26-44(43)51(3,4)60-48(54)40-18-12-7-13-19-40/h5-6,8-11,14-17,20-23,30-31,40,42-44,52-53H,7,12-13,18-19,24-29,32-35H2,1-4H3. The Bertz CT molecular complexity index is 1990. The van der Waals surface area contributed by atoms with Crippen LogP contribution in [0.25, 0.3) is 0 Å². The van der Waals surface area contributed by atoms with Crippen LogP contribution in [0.5, 0.6) is 17.2 Å². The Hall–Kier alpha value is -4.86. The van der Waals surface area contributed by atoms with Crippen LogP contribution in [-0.4, -0.2) is 49.3 Å². The second kappa shape index (κ2) is 20.1. The minimum atomic E-state index is -0.658. The van der Waals surface area contributed by atoms with Crippen molar-refractivity contribution in [2.75, 3.05) is 26.2 Å². The van der Waals surface area contributed by atoms with Gasteiger partial charge in [0, 0.05) is 24.3 Å². The summed E-state index contributed by atoms with van der Waals surface area (Å²) in [6.45, 7) is 12.5. The molecule has 2 N–H and O–H groups in total. The lowest BCUT2D eigenvalue weighted by atomic mass is 9.72. The van der Waals surface area contributed by atoms with E-state index in [9.17, 15) is 9.59 Å². The highest BCUT2D eigenvalue weighted by molar-refractivity contribution is 5.91. The van der Waals surface area contributed by atoms with Crippen molar-refractivity contribution in [2.24, 2.45) is 17.8 Å². The average molecular weight is 817 g/mol. The lowest BCUT2D eigenvalue weighted by Gasteiger charge is -2.43. The van der Waals surface area contributed by atoms with Gasteiger partial charge in [0.2, 0.25) is 5.75 Å². The Balaban J connectivity index is 1.13. The van der Waals surface area contributed by atoms with E-state index in [0.717, 1.165) is 87.8 Å². The molecular weight excluding hydrogens is 753 g/mol. The molecular formula is C51H64N2O7. The van der Waals surface area contributed by atoms with Gasteiger partial charge in [-0.2, -0.15) is 0 Å². The average Bonchev–Trinajstić information content (AvgIpc) is 3.28. The van der Waals surface area contributed by atoms with Gasteiger partial charge in [0.15, 0.2) is 11.5 Å². The zero-order valence-electron chi connectivity index (χ0n) is 36.0. The smallest absolute Gasteiger partial charge is 0.338 e. The Morgan fingerprint density at radius 2 is 1.15 bits per heavy atom. The highest BCUT2D eigenvalue weighted by atomic mass is 16.6. The molecule has 0 amide bonds. The highest BCUT2D eigenvalue weighted by Crippen LogP contribution is 2.43. The molecule has 2 saturated heterocycles. The molecule has 2 unspecified atom stereocenters. The van der Waals surface area contributed by atoms with E-state index in [1.54, 1.807) is 12.1 Å². The van der Waals surface area contributed by atoms with Crippen LogP contribution in [0.4, 0.5) is 0 Å². The quantitative estimate of drug-likeness (QED) is 0.107. The summed E-state index contributed by atoms with van der Waals surface area (Å²) in [7, 11) is 0. The molecule has 0 aromatic heterocycles. The SMILES string of the molecule is CC(C)(OC(=O)c1cc(OCc2ccccc2)c(OCc2ccccc2)c(OCc2ccc(C3CNCCC3C(C)(C)OC(=O)C3CCCCC3)cc2)c1)C1CCNCC1. The molecule has 0 radical (unpaired) electrons. The zero-order valence-corrected chi connectivity index (χ0v) is 36.0. The summed E-state index contributed by atoms with van der Waals surface area (Å²) in [4.78, 5) is 27.3. The van der Waals surface area contributed by atoms with Crippen molar-refractivity contribution in [2.45, 2.75) is 116 Å². The zero-order chi connectivity index (χ0) is 42.0. The summed E-state index contributed by atoms with van der Waals surface area (Å²) < 4.78 is 32.2. The van der Waals surface area contributed by atoms with E-state index in [1.165, 1.54) is 12.0 Å². The summed E-state index contributed by atoms with van der Waals surface area (Å²) in [5.74, 6) is 1.36. The summed E-state index contributed by atoms with van der Waals surface area (Å²) in [6.07, 6.45) is 8.08. The third-order valence-corrected chi connectivity index (χ3v) is 12.9. The number of benzene rings is 4. The highest BCUT2D eigenvalue weighted by Gasteiger charge is 2.42. The summed E-state index contributed by atoms with van der Waals surface area (Å²) in [5, 5.41) is 6.99. The maximum Gasteiger partial charge on any atom is 0.338 e. The molecule has 9 heteroatoms. The first kappa shape index (κ1) is 43.2. The van der Waals surface area contributed by atoms with E-state index < -0.39 is 17.2 Å². The number of nitrogens with one attached hydrogen (secondary N) is 2. The lowest BCUT2D eigenvalue weighted by molar-refractivity contribution is -0.169. The molecule has 4 aromatic rings. The number of hydrogen-bond acceptors (Lipinski definition) is 9. The van der Waals surface area contributed by atoms with Crippen LogP contribution in [0, 0.1) is 17.8 Å². The number of esters is 2. The molecule has 7 rings (SSSR count). The van der Waals surface area contributed by atoms with Gasteiger partial charge in [0.05, 0.1) is 11.5 Å². The number of rotatable bonds is 16. The summed E-state index contributed by atoms with van der Waals surface area (Å²) >= 11 is 0. The first-order chi connectivity index (χ1) is 29.1. The van der Waals surface area contributed by atoms with Crippen molar-refractivity contribution in [1.82, 2.24) is 10.6 Å². The molecule has 9 nitrogen and oxygen atoms in total. The Labute approximate surface area is 356 Å². The molecule has 4 aromatic carbocycles. The van der Waals surface area contributed by atoms with Gasteiger partial charge < -0.3 is 34.3 Å². The molecule has 2 aliphatic heterocycles. The molecule has 1 saturated carbocycles. The number of carbonyl (C=O) groups excluding carboxylic acids is 2. The first-order valence-corrected chi connectivity index (χ1v) is 22.2. The number of carbonyl (C=O) groups is 2. The molecule has 3 fully saturated rings. The van der Waals surface area contributed by atoms with Crippen molar-refractivity contribution in [3.63, 3.8) is 0 Å². The van der Waals surface area contributed by atoms with Crippen LogP contribution in [-0.2, 0) is 34.1 Å². The fourth-order valence-corrected chi connectivity index (χ4v) is 9.23. The molecule has 320 valence electrons. The van der Waals surface area contributed by atoms with E-state index in [0.29, 0.717) is 22.8 Å². The van der Waals surface area contributed by atoms with Crippen LogP contribution in [0.15, 0.2) is 97.1 Å². The molecule has 1 aliphatic carbocycles. The number of hydrogen-bond donors (Lipinski definition) is 2. The summed E-state index contributed by atoms with van der Waals surface area (Å²) in [6, 6.07) is 31.8. The van der Waals surface area contributed by atoms with E-state index in [1.807, 2.05) is 74.5 Å². The predicted molar refractivity (Wildman–Crippen MR) is 234 cm³/mol. The van der Waals surface area contributed by atoms with Crippen LogP contribution < -0.4 is 24.8 Å². The van der Waals surface area contributed by atoms with Crippen molar-refractivity contribution in [1.29, 1.82) is 0 Å². The van der Waals surface area contributed by atoms with Gasteiger partial charge in [-0.3, -0.25) is 4.79 Å². The normalized spacial score (nSPS) is 19.3. The van der Waals surface area contributed by atoms with E-state index in [4.69, 9.17) is 23.7 Å². The minimum absolute atomic E-state index is 0.0192. The van der Waals surface area contributed by atoms with Gasteiger partial charge in [-0.1, -0.05) is 104 Å². The fraction of sp³-hybridized carbons (Fsp3) is 0.490. The minimum Gasteiger partial charge on any atom is -0.485 e. The molecule has 2 atom stereocenters. The Morgan fingerprint density at radius 1 is 0.600 bits per heavy atom. The molecule has 60 heavy (non-hydrogen) atoms. The monoisotopic (exact) mass is 816 g/mol. The van der Waals surface area contributed by atoms with Crippen molar-refractivity contribution >= 4 is 11.9 Å². The van der Waals surface area contributed by atoms with E-state index >= 15 is 0 Å². The second-order valence-corrected chi connectivity index (χ2v) is 18.0. The van der Waals surface area contributed by atoms with E-state index in [-0.39, 0.29) is 49.5 Å². The predicted octanol–water partition coefficient (Wildman–Crippen LogP) is 9.95. The topological polar surface area (TPSA) is 104 Å². The molecule has 0 spiro atoms. The van der Waals surface area contributed by atoms with Gasteiger partial charge >= 0.3 is 11.9 Å². The van der Waals surface area contributed by atoms with Crippen LogP contribution in [0.3, 0.4) is 0 Å². The number of piperidine rings is 2. The van der Waals surface area contributed by atoms with Crippen molar-refractivity contribution in [3.05, 3.63) is 125 Å². The largest absolute Gasteiger partial charge is 0.485 e. The van der Waals surface area contributed by atoms with Gasteiger partial charge in [0.25, 0.3) is 0 Å². The van der Waals surface area contributed by atoms with Gasteiger partial charge in [0.1, 0.15) is 31.0 Å². The van der Waals surface area contributed by atoms with Gasteiger partial charge in [-0.15, -0.1) is 0 Å². The lowest BCUT2D eigenvalue weighted by Crippen LogP contribution is -2.48. The fourth-order valence-electron chi connectivity index (χ4n) is 9.23. The third kappa shape index (κ3) is 11.3. The van der Waals surface area contributed by atoms with Gasteiger partial charge in [-0.05, 0) is 114 Å². The first-order valence-electron chi connectivity index (χ1n) is 22.2. The van der Waals surface area contributed by atoms with Gasteiger partial charge in [-0.25, -0.2) is 4.79 Å².